The minimum Gasteiger partial charge on any atom is -0.456 e. The second-order valence-corrected chi connectivity index (χ2v) is 6.99. The van der Waals surface area contributed by atoms with Crippen LogP contribution < -0.4 is 10.9 Å². The van der Waals surface area contributed by atoms with Crippen molar-refractivity contribution in [1.82, 2.24) is 14.8 Å². The molecule has 158 valence electrons. The summed E-state index contributed by atoms with van der Waals surface area (Å²) >= 11 is 0. The number of nitriles is 1. The van der Waals surface area contributed by atoms with Gasteiger partial charge in [0.1, 0.15) is 12.3 Å². The molecule has 32 heavy (non-hydrogen) atoms. The average Bonchev–Trinajstić information content (AvgIpc) is 2.84. The van der Waals surface area contributed by atoms with Crippen molar-refractivity contribution in [2.45, 2.75) is 20.1 Å². The van der Waals surface area contributed by atoms with Crippen molar-refractivity contribution < 1.29 is 9.53 Å². The van der Waals surface area contributed by atoms with E-state index in [0.29, 0.717) is 16.8 Å². The number of fused-ring (bicyclic) bond motifs is 1. The average molecular weight is 425 g/mol. The monoisotopic (exact) mass is 425 g/mol. The number of nitrogens with one attached hydrogen (secondary N) is 1. The van der Waals surface area contributed by atoms with Gasteiger partial charge >= 0.3 is 5.97 Å². The van der Waals surface area contributed by atoms with Crippen LogP contribution in [0.1, 0.15) is 28.5 Å². The zero-order valence-electron chi connectivity index (χ0n) is 17.3. The number of carbonyl (C=O) groups excluding carboxylic acids is 1. The quantitative estimate of drug-likeness (QED) is 0.468. The summed E-state index contributed by atoms with van der Waals surface area (Å²) in [6.07, 6.45) is 3.36. The number of nitrogens with zero attached hydrogens (tertiary/aromatic N) is 4. The molecule has 1 N–H and O–H groups in total. The number of aryl methyl sites for hydroxylation is 1. The van der Waals surface area contributed by atoms with Crippen LogP contribution in [0.2, 0.25) is 0 Å². The Morgan fingerprint density at radius 2 is 1.97 bits per heavy atom. The number of aromatic nitrogens is 3. The Morgan fingerprint density at radius 3 is 2.78 bits per heavy atom. The lowest BCUT2D eigenvalue weighted by atomic mass is 10.1. The molecule has 2 aromatic carbocycles. The molecular formula is C24H19N5O3. The number of ether oxygens (including phenoxy) is 1. The molecule has 2 heterocycles. The molecule has 0 fully saturated rings. The maximum absolute atomic E-state index is 12.8. The van der Waals surface area contributed by atoms with Gasteiger partial charge in [0.15, 0.2) is 5.69 Å². The van der Waals surface area contributed by atoms with E-state index < -0.39 is 5.97 Å². The third kappa shape index (κ3) is 4.32. The van der Waals surface area contributed by atoms with E-state index in [9.17, 15) is 9.59 Å². The molecule has 0 aliphatic heterocycles. The van der Waals surface area contributed by atoms with Gasteiger partial charge in [-0.15, -0.1) is 0 Å². The van der Waals surface area contributed by atoms with Crippen molar-refractivity contribution in [2.75, 3.05) is 5.32 Å². The minimum atomic E-state index is -0.673. The molecule has 0 atom stereocenters. The standard InChI is InChI=1S/C24H19N5O3/c1-2-29-23(30)20(27-22-14-26-13-18-8-3-4-9-19(18)22)11-21(28-29)24(31)32-15-17-7-5-6-16(10-17)12-25/h3-11,13-14,27H,2,15H2,1H3. The van der Waals surface area contributed by atoms with E-state index in [1.54, 1.807) is 43.6 Å². The molecule has 0 radical (unpaired) electrons. The lowest BCUT2D eigenvalue weighted by Crippen LogP contribution is -2.27. The van der Waals surface area contributed by atoms with Gasteiger partial charge in [0.25, 0.3) is 5.56 Å². The first-order chi connectivity index (χ1) is 15.6. The molecule has 0 bridgehead atoms. The highest BCUT2D eigenvalue weighted by Crippen LogP contribution is 2.24. The fourth-order valence-corrected chi connectivity index (χ4v) is 3.26. The lowest BCUT2D eigenvalue weighted by Gasteiger charge is -2.12. The third-order valence-corrected chi connectivity index (χ3v) is 4.85. The number of anilines is 2. The maximum atomic E-state index is 12.8. The van der Waals surface area contributed by atoms with Crippen molar-refractivity contribution in [2.24, 2.45) is 0 Å². The summed E-state index contributed by atoms with van der Waals surface area (Å²) in [5.41, 5.74) is 1.63. The Balaban J connectivity index is 1.62. The van der Waals surface area contributed by atoms with Crippen molar-refractivity contribution in [3.8, 4) is 6.07 Å². The predicted molar refractivity (Wildman–Crippen MR) is 119 cm³/mol. The van der Waals surface area contributed by atoms with Crippen molar-refractivity contribution in [1.29, 1.82) is 5.26 Å². The molecular weight excluding hydrogens is 406 g/mol. The summed E-state index contributed by atoms with van der Waals surface area (Å²) < 4.78 is 6.56. The first kappa shape index (κ1) is 20.8. The van der Waals surface area contributed by atoms with Crippen LogP contribution in [0.15, 0.2) is 71.8 Å². The van der Waals surface area contributed by atoms with Crippen LogP contribution in [0.25, 0.3) is 10.8 Å². The van der Waals surface area contributed by atoms with Gasteiger partial charge in [-0.3, -0.25) is 9.78 Å². The largest absolute Gasteiger partial charge is 0.456 e. The van der Waals surface area contributed by atoms with Gasteiger partial charge in [0.05, 0.1) is 23.5 Å². The predicted octanol–water partition coefficient (Wildman–Crippen LogP) is 3.78. The van der Waals surface area contributed by atoms with Gasteiger partial charge in [-0.2, -0.15) is 10.4 Å². The summed E-state index contributed by atoms with van der Waals surface area (Å²) in [5, 5.41) is 18.0. The maximum Gasteiger partial charge on any atom is 0.359 e. The van der Waals surface area contributed by atoms with Gasteiger partial charge in [0.2, 0.25) is 0 Å². The van der Waals surface area contributed by atoms with Crippen LogP contribution in [0.4, 0.5) is 11.4 Å². The number of carbonyl (C=O) groups is 1. The van der Waals surface area contributed by atoms with Gasteiger partial charge < -0.3 is 10.1 Å². The molecule has 8 nitrogen and oxygen atoms in total. The van der Waals surface area contributed by atoms with E-state index in [-0.39, 0.29) is 30.1 Å². The van der Waals surface area contributed by atoms with Crippen LogP contribution in [-0.2, 0) is 17.9 Å². The van der Waals surface area contributed by atoms with E-state index in [1.165, 1.54) is 10.7 Å². The fourth-order valence-electron chi connectivity index (χ4n) is 3.26. The highest BCUT2D eigenvalue weighted by molar-refractivity contribution is 5.95. The number of hydrogen-bond acceptors (Lipinski definition) is 7. The van der Waals surface area contributed by atoms with Crippen LogP contribution in [0.3, 0.4) is 0 Å². The third-order valence-electron chi connectivity index (χ3n) is 4.85. The normalized spacial score (nSPS) is 10.5. The number of esters is 1. The molecule has 0 aliphatic rings. The van der Waals surface area contributed by atoms with E-state index in [2.05, 4.69) is 15.4 Å². The van der Waals surface area contributed by atoms with Crippen molar-refractivity contribution in [3.05, 3.63) is 94.2 Å². The second kappa shape index (κ2) is 9.10. The number of rotatable bonds is 6. The zero-order chi connectivity index (χ0) is 22.5. The van der Waals surface area contributed by atoms with Gasteiger partial charge in [-0.25, -0.2) is 9.48 Å². The first-order valence-corrected chi connectivity index (χ1v) is 9.97. The topological polar surface area (TPSA) is 110 Å². The number of pyridine rings is 1. The molecule has 0 unspecified atom stereocenters. The van der Waals surface area contributed by atoms with Gasteiger partial charge in [-0.05, 0) is 24.6 Å². The van der Waals surface area contributed by atoms with Crippen LogP contribution in [-0.4, -0.2) is 20.7 Å². The first-order valence-electron chi connectivity index (χ1n) is 9.97. The summed E-state index contributed by atoms with van der Waals surface area (Å²) in [6, 6.07) is 17.9. The zero-order valence-corrected chi connectivity index (χ0v) is 17.3. The lowest BCUT2D eigenvalue weighted by molar-refractivity contribution is 0.0462. The van der Waals surface area contributed by atoms with Crippen molar-refractivity contribution in [3.63, 3.8) is 0 Å². The van der Waals surface area contributed by atoms with Crippen LogP contribution >= 0.6 is 0 Å². The molecule has 0 spiro atoms. The van der Waals surface area contributed by atoms with E-state index in [4.69, 9.17) is 10.00 Å². The summed E-state index contributed by atoms with van der Waals surface area (Å²) in [4.78, 5) is 29.7. The molecule has 2 aromatic heterocycles. The molecule has 8 heteroatoms. The molecule has 0 saturated carbocycles. The smallest absolute Gasteiger partial charge is 0.359 e. The summed E-state index contributed by atoms with van der Waals surface area (Å²) in [6.45, 7) is 2.03. The van der Waals surface area contributed by atoms with Crippen LogP contribution in [0.5, 0.6) is 0 Å². The van der Waals surface area contributed by atoms with Gasteiger partial charge in [0, 0.05) is 29.6 Å². The highest BCUT2D eigenvalue weighted by Gasteiger charge is 2.16. The van der Waals surface area contributed by atoms with Gasteiger partial charge in [-0.1, -0.05) is 36.4 Å². The Hall–Kier alpha value is -4.51. The van der Waals surface area contributed by atoms with E-state index in [1.807, 2.05) is 30.3 Å². The number of hydrogen-bond donors (Lipinski definition) is 1. The Kier molecular flexibility index (Phi) is 5.90. The second-order valence-electron chi connectivity index (χ2n) is 6.99. The molecule has 0 amide bonds. The fraction of sp³-hybridized carbons (Fsp3) is 0.125. The molecule has 4 rings (SSSR count). The van der Waals surface area contributed by atoms with E-state index >= 15 is 0 Å². The summed E-state index contributed by atoms with van der Waals surface area (Å²) in [7, 11) is 0. The summed E-state index contributed by atoms with van der Waals surface area (Å²) in [5.74, 6) is -0.673. The Bertz CT molecular complexity index is 1400. The molecule has 0 saturated heterocycles. The number of benzene rings is 2. The molecule has 0 aliphatic carbocycles. The minimum absolute atomic E-state index is 0.00131. The Morgan fingerprint density at radius 1 is 1.12 bits per heavy atom. The van der Waals surface area contributed by atoms with E-state index in [0.717, 1.165) is 10.8 Å². The SMILES string of the molecule is CCn1nc(C(=O)OCc2cccc(C#N)c2)cc(Nc2cncc3ccccc23)c1=O. The Labute approximate surface area is 183 Å². The van der Waals surface area contributed by atoms with Crippen molar-refractivity contribution >= 4 is 28.1 Å². The molecule has 4 aromatic rings. The highest BCUT2D eigenvalue weighted by atomic mass is 16.5. The van der Waals surface area contributed by atoms with Crippen LogP contribution in [0, 0.1) is 11.3 Å².